The largest absolute Gasteiger partial charge is 0.465 e. The topological polar surface area (TPSA) is 122 Å². The molecule has 0 saturated heterocycles. The van der Waals surface area contributed by atoms with Gasteiger partial charge in [-0.2, -0.15) is 0 Å². The average Bonchev–Trinajstić information content (AvgIpc) is 2.77. The number of aromatic nitrogens is 2. The summed E-state index contributed by atoms with van der Waals surface area (Å²) in [6.45, 7) is 0. The van der Waals surface area contributed by atoms with Gasteiger partial charge in [0.15, 0.2) is 11.6 Å². The molecule has 9 nitrogen and oxygen atoms in total. The number of methoxy groups -OCH3 is 1. The minimum Gasteiger partial charge on any atom is -0.465 e. The van der Waals surface area contributed by atoms with Crippen molar-refractivity contribution in [1.29, 1.82) is 0 Å². The van der Waals surface area contributed by atoms with Crippen molar-refractivity contribution in [3.05, 3.63) is 71.0 Å². The van der Waals surface area contributed by atoms with E-state index in [1.165, 1.54) is 13.4 Å². The molecule has 154 valence electrons. The van der Waals surface area contributed by atoms with E-state index in [2.05, 4.69) is 20.8 Å². The number of carbonyl (C=O) groups excluding carboxylic acids is 2. The van der Waals surface area contributed by atoms with Crippen LogP contribution in [0.25, 0.3) is 0 Å². The van der Waals surface area contributed by atoms with E-state index < -0.39 is 11.9 Å². The first kappa shape index (κ1) is 20.9. The van der Waals surface area contributed by atoms with Crippen LogP contribution in [0.4, 0.5) is 23.0 Å². The van der Waals surface area contributed by atoms with Crippen molar-refractivity contribution in [3.8, 4) is 0 Å². The van der Waals surface area contributed by atoms with Gasteiger partial charge >= 0.3 is 5.97 Å². The molecule has 3 aromatic rings. The molecule has 1 amide bonds. The number of para-hydroxylation sites is 1. The Morgan fingerprint density at radius 1 is 1.10 bits per heavy atom. The molecule has 0 aliphatic heterocycles. The lowest BCUT2D eigenvalue weighted by Crippen LogP contribution is -2.30. The zero-order chi connectivity index (χ0) is 21.7. The highest BCUT2D eigenvalue weighted by Crippen LogP contribution is 2.32. The summed E-state index contributed by atoms with van der Waals surface area (Å²) >= 11 is 5.83. The molecule has 0 atom stereocenters. The van der Waals surface area contributed by atoms with Crippen LogP contribution in [0, 0.1) is 0 Å². The summed E-state index contributed by atoms with van der Waals surface area (Å²) < 4.78 is 4.83. The van der Waals surface area contributed by atoms with Crippen LogP contribution >= 0.6 is 11.6 Å². The van der Waals surface area contributed by atoms with Gasteiger partial charge in [-0.1, -0.05) is 23.7 Å². The van der Waals surface area contributed by atoms with Gasteiger partial charge in [-0.3, -0.25) is 15.6 Å². The summed E-state index contributed by atoms with van der Waals surface area (Å²) in [6.07, 6.45) is 1.29. The Labute approximate surface area is 177 Å². The van der Waals surface area contributed by atoms with Crippen LogP contribution < -0.4 is 21.5 Å². The molecule has 2 aromatic carbocycles. The van der Waals surface area contributed by atoms with Crippen LogP contribution in [0.5, 0.6) is 0 Å². The lowest BCUT2D eigenvalue weighted by Gasteiger charge is -2.23. The number of ether oxygens (including phenoxy) is 1. The van der Waals surface area contributed by atoms with E-state index in [9.17, 15) is 9.59 Å². The Morgan fingerprint density at radius 3 is 2.50 bits per heavy atom. The Bertz CT molecular complexity index is 1070. The molecular formula is C20H19ClN6O3. The normalized spacial score (nSPS) is 10.2. The second-order valence-electron chi connectivity index (χ2n) is 6.11. The number of anilines is 4. The average molecular weight is 427 g/mol. The zero-order valence-electron chi connectivity index (χ0n) is 16.2. The van der Waals surface area contributed by atoms with Gasteiger partial charge in [0.1, 0.15) is 12.0 Å². The van der Waals surface area contributed by atoms with Gasteiger partial charge in [-0.15, -0.1) is 0 Å². The third kappa shape index (κ3) is 4.41. The van der Waals surface area contributed by atoms with Crippen LogP contribution in [0.1, 0.15) is 20.7 Å². The quantitative estimate of drug-likeness (QED) is 0.406. The molecule has 0 spiro atoms. The number of amides is 1. The molecule has 10 heteroatoms. The monoisotopic (exact) mass is 426 g/mol. The second kappa shape index (κ2) is 9.10. The first-order valence-corrected chi connectivity index (χ1v) is 9.13. The van der Waals surface area contributed by atoms with Gasteiger partial charge in [0.2, 0.25) is 0 Å². The highest BCUT2D eigenvalue weighted by Gasteiger charge is 2.19. The second-order valence-corrected chi connectivity index (χ2v) is 6.55. The Balaban J connectivity index is 1.82. The molecule has 0 fully saturated rings. The van der Waals surface area contributed by atoms with E-state index in [-0.39, 0.29) is 11.5 Å². The number of benzene rings is 2. The van der Waals surface area contributed by atoms with Gasteiger partial charge in [-0.05, 0) is 36.4 Å². The molecule has 1 aromatic heterocycles. The fourth-order valence-electron chi connectivity index (χ4n) is 2.71. The summed E-state index contributed by atoms with van der Waals surface area (Å²) in [5.41, 5.74) is 12.9. The number of nitrogens with one attached hydrogen (secondary N) is 2. The summed E-state index contributed by atoms with van der Waals surface area (Å²) in [4.78, 5) is 34.3. The van der Waals surface area contributed by atoms with Gasteiger partial charge < -0.3 is 15.4 Å². The number of hydrazine groups is 1. The number of hydrogen-bond acceptors (Lipinski definition) is 8. The van der Waals surface area contributed by atoms with Crippen molar-refractivity contribution < 1.29 is 14.3 Å². The third-order valence-electron chi connectivity index (χ3n) is 4.25. The van der Waals surface area contributed by atoms with Gasteiger partial charge in [0.05, 0.1) is 18.4 Å². The molecule has 0 radical (unpaired) electrons. The van der Waals surface area contributed by atoms with Crippen LogP contribution in [0.3, 0.4) is 0 Å². The van der Waals surface area contributed by atoms with E-state index in [1.807, 2.05) is 0 Å². The number of carbonyl (C=O) groups is 2. The first-order chi connectivity index (χ1) is 14.4. The Kier molecular flexibility index (Phi) is 6.33. The molecule has 0 saturated carbocycles. The molecule has 0 aliphatic carbocycles. The number of esters is 1. The van der Waals surface area contributed by atoms with E-state index in [0.29, 0.717) is 27.7 Å². The predicted octanol–water partition coefficient (Wildman–Crippen LogP) is 3.02. The molecule has 0 aliphatic rings. The Morgan fingerprint density at radius 2 is 1.80 bits per heavy atom. The molecule has 4 N–H and O–H groups in total. The SMILES string of the molecule is COC(=O)c1ccccc1N(C)c1ncnc(NNC(=O)c2ccc(Cl)cc2)c1N. The molecule has 0 unspecified atom stereocenters. The van der Waals surface area contributed by atoms with Crippen LogP contribution in [0.2, 0.25) is 5.02 Å². The van der Waals surface area contributed by atoms with Crippen molar-refractivity contribution in [3.63, 3.8) is 0 Å². The molecule has 1 heterocycles. The highest BCUT2D eigenvalue weighted by atomic mass is 35.5. The summed E-state index contributed by atoms with van der Waals surface area (Å²) in [5, 5.41) is 0.527. The first-order valence-electron chi connectivity index (χ1n) is 8.76. The van der Waals surface area contributed by atoms with E-state index in [0.717, 1.165) is 0 Å². The standard InChI is InChI=1S/C20H19ClN6O3/c1-27(15-6-4-3-5-14(15)20(29)30-2)18-16(22)17(23-11-24-18)25-26-19(28)12-7-9-13(21)10-8-12/h3-11H,22H2,1-2H3,(H,26,28)(H,23,24,25). The number of nitrogen functional groups attached to an aromatic ring is 1. The Hall–Kier alpha value is -3.85. The smallest absolute Gasteiger partial charge is 0.339 e. The number of nitrogens with zero attached hydrogens (tertiary/aromatic N) is 3. The maximum Gasteiger partial charge on any atom is 0.339 e. The fourth-order valence-corrected chi connectivity index (χ4v) is 2.83. The van der Waals surface area contributed by atoms with E-state index in [1.54, 1.807) is 60.5 Å². The van der Waals surface area contributed by atoms with Crippen molar-refractivity contribution in [1.82, 2.24) is 15.4 Å². The van der Waals surface area contributed by atoms with Gasteiger partial charge in [0, 0.05) is 17.6 Å². The molecule has 3 rings (SSSR count). The van der Waals surface area contributed by atoms with Crippen LogP contribution in [0.15, 0.2) is 54.9 Å². The summed E-state index contributed by atoms with van der Waals surface area (Å²) in [6, 6.07) is 13.3. The number of hydrogen-bond donors (Lipinski definition) is 3. The third-order valence-corrected chi connectivity index (χ3v) is 4.50. The highest BCUT2D eigenvalue weighted by molar-refractivity contribution is 6.30. The number of rotatable bonds is 6. The molecule has 30 heavy (non-hydrogen) atoms. The van der Waals surface area contributed by atoms with E-state index >= 15 is 0 Å². The minimum absolute atomic E-state index is 0.177. The maximum absolute atomic E-state index is 12.3. The lowest BCUT2D eigenvalue weighted by molar-refractivity contribution is 0.0601. The van der Waals surface area contributed by atoms with E-state index in [4.69, 9.17) is 22.1 Å². The van der Waals surface area contributed by atoms with Gasteiger partial charge in [-0.25, -0.2) is 14.8 Å². The van der Waals surface area contributed by atoms with Crippen molar-refractivity contribution in [2.24, 2.45) is 0 Å². The van der Waals surface area contributed by atoms with Crippen molar-refractivity contribution >= 4 is 46.5 Å². The van der Waals surface area contributed by atoms with Crippen LogP contribution in [-0.4, -0.2) is 36.0 Å². The number of halogens is 1. The van der Waals surface area contributed by atoms with Gasteiger partial charge in [0.25, 0.3) is 5.91 Å². The summed E-state index contributed by atoms with van der Waals surface area (Å²) in [7, 11) is 3.01. The van der Waals surface area contributed by atoms with Crippen molar-refractivity contribution in [2.45, 2.75) is 0 Å². The fraction of sp³-hybridized carbons (Fsp3) is 0.100. The predicted molar refractivity (Wildman–Crippen MR) is 115 cm³/mol. The summed E-state index contributed by atoms with van der Waals surface area (Å²) in [5.74, 6) is -0.344. The molecule has 0 bridgehead atoms. The molecular weight excluding hydrogens is 408 g/mol. The minimum atomic E-state index is -0.487. The van der Waals surface area contributed by atoms with Crippen LogP contribution in [-0.2, 0) is 4.74 Å². The number of nitrogens with two attached hydrogens (primary N) is 1. The zero-order valence-corrected chi connectivity index (χ0v) is 17.0. The maximum atomic E-state index is 12.3. The lowest BCUT2D eigenvalue weighted by atomic mass is 10.1. The van der Waals surface area contributed by atoms with Crippen molar-refractivity contribution in [2.75, 3.05) is 30.2 Å².